The lowest BCUT2D eigenvalue weighted by Crippen LogP contribution is -2.53. The maximum Gasteiger partial charge on any atom is 0.226 e. The van der Waals surface area contributed by atoms with Crippen LogP contribution in [0.3, 0.4) is 0 Å². The molecule has 0 aromatic heterocycles. The average Bonchev–Trinajstić information content (AvgIpc) is 3.26. The molecule has 2 aliphatic heterocycles. The summed E-state index contributed by atoms with van der Waals surface area (Å²) in [6, 6.07) is 0. The average molecular weight is 399 g/mol. The van der Waals surface area contributed by atoms with E-state index in [1.165, 1.54) is 0 Å². The van der Waals surface area contributed by atoms with Crippen LogP contribution in [0.25, 0.3) is 0 Å². The first-order chi connectivity index (χ1) is 14.1. The Kier molecular flexibility index (Phi) is 7.98. The number of amides is 2. The molecule has 0 N–H and O–H groups in total. The molecular weight excluding hydrogens is 364 g/mol. The molecule has 29 heavy (non-hydrogen) atoms. The Hall–Kier alpha value is -2.02. The van der Waals surface area contributed by atoms with E-state index in [-0.39, 0.29) is 23.7 Å². The number of carbonyl (C=O) groups excluding carboxylic acids is 2. The van der Waals surface area contributed by atoms with Crippen molar-refractivity contribution in [3.05, 3.63) is 0 Å². The number of carbonyl (C=O) groups is 2. The summed E-state index contributed by atoms with van der Waals surface area (Å²) in [5.41, 5.74) is 0. The molecule has 6 nitrogen and oxygen atoms in total. The van der Waals surface area contributed by atoms with Crippen molar-refractivity contribution in [1.82, 2.24) is 19.6 Å². The van der Waals surface area contributed by atoms with Gasteiger partial charge in [0.2, 0.25) is 11.8 Å². The fourth-order valence-corrected chi connectivity index (χ4v) is 4.85. The van der Waals surface area contributed by atoms with E-state index in [1.54, 1.807) is 0 Å². The molecule has 3 aliphatic rings. The van der Waals surface area contributed by atoms with Gasteiger partial charge in [-0.25, -0.2) is 0 Å². The fourth-order valence-electron chi connectivity index (χ4n) is 4.85. The highest BCUT2D eigenvalue weighted by molar-refractivity contribution is 5.88. The molecule has 3 rings (SSSR count). The van der Waals surface area contributed by atoms with E-state index in [4.69, 9.17) is 12.8 Å². The highest BCUT2D eigenvalue weighted by atomic mass is 16.2. The zero-order valence-electron chi connectivity index (χ0n) is 17.5. The maximum atomic E-state index is 13.2. The summed E-state index contributed by atoms with van der Waals surface area (Å²) >= 11 is 0. The van der Waals surface area contributed by atoms with E-state index in [1.807, 2.05) is 9.80 Å². The van der Waals surface area contributed by atoms with Crippen molar-refractivity contribution in [3.8, 4) is 24.7 Å². The van der Waals surface area contributed by atoms with Gasteiger partial charge in [-0.05, 0) is 12.8 Å². The van der Waals surface area contributed by atoms with Crippen LogP contribution in [0.1, 0.15) is 32.1 Å². The molecule has 0 spiro atoms. The second-order valence-corrected chi connectivity index (χ2v) is 8.39. The lowest BCUT2D eigenvalue weighted by atomic mass is 9.92. The van der Waals surface area contributed by atoms with E-state index < -0.39 is 0 Å². The summed E-state index contributed by atoms with van der Waals surface area (Å²) in [6.45, 7) is 8.27. The highest BCUT2D eigenvalue weighted by Gasteiger charge is 2.42. The van der Waals surface area contributed by atoms with E-state index in [9.17, 15) is 9.59 Å². The van der Waals surface area contributed by atoms with Crippen LogP contribution < -0.4 is 0 Å². The van der Waals surface area contributed by atoms with E-state index in [0.717, 1.165) is 97.6 Å². The van der Waals surface area contributed by atoms with Gasteiger partial charge in [-0.3, -0.25) is 19.4 Å². The predicted molar refractivity (Wildman–Crippen MR) is 114 cm³/mol. The smallest absolute Gasteiger partial charge is 0.226 e. The first kappa shape index (κ1) is 21.7. The Bertz CT molecular complexity index is 593. The quantitative estimate of drug-likeness (QED) is 0.619. The van der Waals surface area contributed by atoms with Crippen LogP contribution >= 0.6 is 0 Å². The Balaban J connectivity index is 1.49. The molecule has 0 bridgehead atoms. The van der Waals surface area contributed by atoms with Crippen LogP contribution in [0.15, 0.2) is 0 Å². The van der Waals surface area contributed by atoms with Crippen molar-refractivity contribution in [2.75, 3.05) is 65.4 Å². The lowest BCUT2D eigenvalue weighted by Gasteiger charge is -2.38. The second kappa shape index (κ2) is 10.7. The normalized spacial score (nSPS) is 26.1. The second-order valence-electron chi connectivity index (χ2n) is 8.39. The largest absolute Gasteiger partial charge is 0.340 e. The molecule has 158 valence electrons. The van der Waals surface area contributed by atoms with Crippen molar-refractivity contribution >= 4 is 11.8 Å². The molecule has 6 heteroatoms. The van der Waals surface area contributed by atoms with Crippen molar-refractivity contribution in [1.29, 1.82) is 0 Å². The Morgan fingerprint density at radius 2 is 1.07 bits per heavy atom. The molecule has 0 aromatic carbocycles. The minimum atomic E-state index is -0.140. The van der Waals surface area contributed by atoms with Gasteiger partial charge >= 0.3 is 0 Å². The molecular formula is C23H34N4O2. The first-order valence-corrected chi connectivity index (χ1v) is 11.0. The molecule has 1 aliphatic carbocycles. The molecule has 2 heterocycles. The Morgan fingerprint density at radius 3 is 1.41 bits per heavy atom. The van der Waals surface area contributed by atoms with Crippen LogP contribution in [-0.4, -0.2) is 96.9 Å². The number of rotatable bonds is 6. The minimum absolute atomic E-state index is 0.140. The molecule has 3 fully saturated rings. The van der Waals surface area contributed by atoms with Crippen molar-refractivity contribution in [2.24, 2.45) is 11.8 Å². The van der Waals surface area contributed by atoms with Crippen LogP contribution in [-0.2, 0) is 9.59 Å². The first-order valence-electron chi connectivity index (χ1n) is 11.0. The van der Waals surface area contributed by atoms with Gasteiger partial charge in [0.15, 0.2) is 0 Å². The summed E-state index contributed by atoms with van der Waals surface area (Å²) in [7, 11) is 0. The molecule has 2 saturated heterocycles. The van der Waals surface area contributed by atoms with Gasteiger partial charge in [0.1, 0.15) is 0 Å². The lowest BCUT2D eigenvalue weighted by molar-refractivity contribution is -0.147. The van der Waals surface area contributed by atoms with Gasteiger partial charge in [-0.1, -0.05) is 6.42 Å². The Morgan fingerprint density at radius 1 is 0.690 bits per heavy atom. The zero-order chi connectivity index (χ0) is 20.6. The minimum Gasteiger partial charge on any atom is -0.340 e. The summed E-state index contributed by atoms with van der Waals surface area (Å²) in [5, 5.41) is 0. The molecule has 2 unspecified atom stereocenters. The Labute approximate surface area is 175 Å². The highest BCUT2D eigenvalue weighted by Crippen LogP contribution is 2.35. The number of hydrogen-bond donors (Lipinski definition) is 0. The van der Waals surface area contributed by atoms with Gasteiger partial charge in [-0.15, -0.1) is 24.7 Å². The van der Waals surface area contributed by atoms with E-state index in [2.05, 4.69) is 21.6 Å². The zero-order valence-corrected chi connectivity index (χ0v) is 17.5. The monoisotopic (exact) mass is 398 g/mol. The van der Waals surface area contributed by atoms with Gasteiger partial charge < -0.3 is 9.80 Å². The number of hydrogen-bond acceptors (Lipinski definition) is 4. The molecule has 0 aromatic rings. The number of terminal acetylenes is 2. The summed E-state index contributed by atoms with van der Waals surface area (Å²) in [6.07, 6.45) is 14.9. The van der Waals surface area contributed by atoms with Gasteiger partial charge in [-0.2, -0.15) is 0 Å². The van der Waals surface area contributed by atoms with Crippen molar-refractivity contribution in [3.63, 3.8) is 0 Å². The molecule has 1 saturated carbocycles. The van der Waals surface area contributed by atoms with Gasteiger partial charge in [0, 0.05) is 90.1 Å². The van der Waals surface area contributed by atoms with E-state index in [0.29, 0.717) is 0 Å². The summed E-state index contributed by atoms with van der Waals surface area (Å²) < 4.78 is 0. The van der Waals surface area contributed by atoms with Crippen LogP contribution in [0.2, 0.25) is 0 Å². The predicted octanol–water partition coefficient (Wildman–Crippen LogP) is 0.738. The van der Waals surface area contributed by atoms with Crippen molar-refractivity contribution in [2.45, 2.75) is 32.1 Å². The summed E-state index contributed by atoms with van der Waals surface area (Å²) in [4.78, 5) is 34.9. The number of piperazine rings is 2. The van der Waals surface area contributed by atoms with Gasteiger partial charge in [0.25, 0.3) is 0 Å². The van der Waals surface area contributed by atoms with Crippen LogP contribution in [0.4, 0.5) is 0 Å². The third kappa shape index (κ3) is 5.53. The maximum absolute atomic E-state index is 13.2. The van der Waals surface area contributed by atoms with Crippen molar-refractivity contribution < 1.29 is 9.59 Å². The topological polar surface area (TPSA) is 47.1 Å². The third-order valence-corrected chi connectivity index (χ3v) is 6.66. The fraction of sp³-hybridized carbons (Fsp3) is 0.739. The van der Waals surface area contributed by atoms with E-state index >= 15 is 0 Å². The number of nitrogens with zero attached hydrogens (tertiary/aromatic N) is 4. The molecule has 2 amide bonds. The standard InChI is InChI=1S/C23H34N4O2/c1-3-5-10-24-12-16-26(17-13-24)22(28)20-8-7-9-21(20)23(29)27-18-14-25(15-19-27)11-6-4-2/h1-2,20-21H,5-19H2. The SMILES string of the molecule is C#CCCN1CCN(C(=O)C2CCCC2C(=O)N2CCN(CCC#C)CC2)CC1. The molecule has 0 radical (unpaired) electrons. The third-order valence-electron chi connectivity index (χ3n) is 6.66. The van der Waals surface area contributed by atoms with Gasteiger partial charge in [0.05, 0.1) is 0 Å². The summed E-state index contributed by atoms with van der Waals surface area (Å²) in [5.74, 6) is 5.45. The molecule has 2 atom stereocenters. The van der Waals surface area contributed by atoms with Crippen LogP contribution in [0.5, 0.6) is 0 Å². The van der Waals surface area contributed by atoms with Crippen LogP contribution in [0, 0.1) is 36.5 Å².